The molecule has 1 fully saturated rings. The van der Waals surface area contributed by atoms with Crippen LogP contribution in [0.15, 0.2) is 5.38 Å². The number of carboxylic acid groups (broad SMARTS) is 1. The molecule has 0 aromatic carbocycles. The Kier molecular flexibility index (Phi) is 2.90. The fourth-order valence-electron chi connectivity index (χ4n) is 1.79. The van der Waals surface area contributed by atoms with Crippen molar-refractivity contribution in [1.82, 2.24) is 4.98 Å². The zero-order chi connectivity index (χ0) is 10.8. The van der Waals surface area contributed by atoms with Crippen LogP contribution >= 0.6 is 11.3 Å². The van der Waals surface area contributed by atoms with Crippen molar-refractivity contribution < 1.29 is 9.90 Å². The van der Waals surface area contributed by atoms with Gasteiger partial charge in [0.1, 0.15) is 0 Å². The first kappa shape index (κ1) is 10.4. The predicted molar refractivity (Wildman–Crippen MR) is 59.4 cm³/mol. The van der Waals surface area contributed by atoms with E-state index in [4.69, 9.17) is 5.11 Å². The number of nitrogens with zero attached hydrogens (tertiary/aromatic N) is 2. The molecule has 1 aliphatic rings. The highest BCUT2D eigenvalue weighted by Crippen LogP contribution is 2.26. The third kappa shape index (κ3) is 2.47. The summed E-state index contributed by atoms with van der Waals surface area (Å²) in [4.78, 5) is 17.1. The predicted octanol–water partition coefficient (Wildman–Crippen LogP) is 1.62. The van der Waals surface area contributed by atoms with Gasteiger partial charge in [-0.2, -0.15) is 0 Å². The molecular weight excluding hydrogens is 212 g/mol. The van der Waals surface area contributed by atoms with Gasteiger partial charge in [0.05, 0.1) is 12.1 Å². The minimum absolute atomic E-state index is 0.0277. The number of carboxylic acids is 1. The molecule has 4 nitrogen and oxygen atoms in total. The highest BCUT2D eigenvalue weighted by Gasteiger charge is 2.21. The van der Waals surface area contributed by atoms with Crippen molar-refractivity contribution in [2.45, 2.75) is 19.8 Å². The van der Waals surface area contributed by atoms with Crippen LogP contribution in [0.25, 0.3) is 0 Å². The molecular formula is C10H14N2O2S. The fourth-order valence-corrected chi connectivity index (χ4v) is 2.65. The fraction of sp³-hybridized carbons (Fsp3) is 0.600. The van der Waals surface area contributed by atoms with Crippen LogP contribution in [0.3, 0.4) is 0 Å². The Balaban J connectivity index is 2.03. The van der Waals surface area contributed by atoms with E-state index in [1.54, 1.807) is 11.3 Å². The molecule has 0 radical (unpaired) electrons. The van der Waals surface area contributed by atoms with E-state index < -0.39 is 5.97 Å². The molecule has 1 atom stereocenters. The summed E-state index contributed by atoms with van der Waals surface area (Å²) in [5.41, 5.74) is 0.669. The molecule has 1 aliphatic heterocycles. The Labute approximate surface area is 92.6 Å². The topological polar surface area (TPSA) is 53.4 Å². The lowest BCUT2D eigenvalue weighted by atomic mass is 10.2. The van der Waals surface area contributed by atoms with Crippen molar-refractivity contribution in [3.63, 3.8) is 0 Å². The lowest BCUT2D eigenvalue weighted by Crippen LogP contribution is -2.18. The maximum absolute atomic E-state index is 10.5. The van der Waals surface area contributed by atoms with Crippen molar-refractivity contribution in [1.29, 1.82) is 0 Å². The summed E-state index contributed by atoms with van der Waals surface area (Å²) >= 11 is 1.54. The normalized spacial score (nSPS) is 20.9. The largest absolute Gasteiger partial charge is 0.481 e. The second-order valence-electron chi connectivity index (χ2n) is 4.03. The van der Waals surface area contributed by atoms with Crippen LogP contribution in [-0.4, -0.2) is 29.1 Å². The average molecular weight is 226 g/mol. The number of aromatic nitrogens is 1. The van der Waals surface area contributed by atoms with Gasteiger partial charge in [-0.15, -0.1) is 11.3 Å². The van der Waals surface area contributed by atoms with Gasteiger partial charge in [-0.3, -0.25) is 4.79 Å². The first-order valence-corrected chi connectivity index (χ1v) is 5.94. The van der Waals surface area contributed by atoms with Crippen molar-refractivity contribution in [2.24, 2.45) is 5.92 Å². The lowest BCUT2D eigenvalue weighted by molar-refractivity contribution is -0.136. The number of carbonyl (C=O) groups is 1. The second kappa shape index (κ2) is 4.18. The third-order valence-corrected chi connectivity index (χ3v) is 3.52. The SMILES string of the molecule is CC1CCN(c2nc(CC(=O)O)cs2)C1. The van der Waals surface area contributed by atoms with Gasteiger partial charge in [0.25, 0.3) is 0 Å². The lowest BCUT2D eigenvalue weighted by Gasteiger charge is -2.13. The van der Waals surface area contributed by atoms with E-state index in [-0.39, 0.29) is 6.42 Å². The zero-order valence-corrected chi connectivity index (χ0v) is 9.46. The van der Waals surface area contributed by atoms with Gasteiger partial charge in [0.2, 0.25) is 0 Å². The third-order valence-electron chi connectivity index (χ3n) is 2.57. The number of anilines is 1. The summed E-state index contributed by atoms with van der Waals surface area (Å²) in [6, 6.07) is 0. The molecule has 5 heteroatoms. The number of hydrogen-bond donors (Lipinski definition) is 1. The van der Waals surface area contributed by atoms with Gasteiger partial charge >= 0.3 is 5.97 Å². The maximum atomic E-state index is 10.5. The summed E-state index contributed by atoms with van der Waals surface area (Å²) in [7, 11) is 0. The van der Waals surface area contributed by atoms with Crippen molar-refractivity contribution in [2.75, 3.05) is 18.0 Å². The van der Waals surface area contributed by atoms with Gasteiger partial charge < -0.3 is 10.0 Å². The highest BCUT2D eigenvalue weighted by atomic mass is 32.1. The Bertz CT molecular complexity index is 364. The van der Waals surface area contributed by atoms with E-state index in [9.17, 15) is 4.79 Å². The smallest absolute Gasteiger partial charge is 0.309 e. The van der Waals surface area contributed by atoms with Crippen LogP contribution in [0.4, 0.5) is 5.13 Å². The number of hydrogen-bond acceptors (Lipinski definition) is 4. The van der Waals surface area contributed by atoms with E-state index in [1.165, 1.54) is 6.42 Å². The van der Waals surface area contributed by atoms with Crippen LogP contribution in [0, 0.1) is 5.92 Å². The molecule has 0 bridgehead atoms. The Morgan fingerprint density at radius 3 is 3.20 bits per heavy atom. The Morgan fingerprint density at radius 1 is 1.80 bits per heavy atom. The standard InChI is InChI=1S/C10H14N2O2S/c1-7-2-3-12(5-7)10-11-8(6-15-10)4-9(13)14/h6-7H,2-5H2,1H3,(H,13,14). The minimum atomic E-state index is -0.818. The first-order valence-electron chi connectivity index (χ1n) is 5.06. The summed E-state index contributed by atoms with van der Waals surface area (Å²) in [6.07, 6.45) is 1.23. The molecule has 1 N–H and O–H groups in total. The molecule has 1 aromatic rings. The molecule has 15 heavy (non-hydrogen) atoms. The van der Waals surface area contributed by atoms with Crippen LogP contribution in [0.5, 0.6) is 0 Å². The zero-order valence-electron chi connectivity index (χ0n) is 8.64. The molecule has 1 aromatic heterocycles. The van der Waals surface area contributed by atoms with E-state index in [1.807, 2.05) is 5.38 Å². The summed E-state index contributed by atoms with van der Waals surface area (Å²) in [5.74, 6) is -0.0986. The molecule has 0 aliphatic carbocycles. The maximum Gasteiger partial charge on any atom is 0.309 e. The second-order valence-corrected chi connectivity index (χ2v) is 4.87. The Hall–Kier alpha value is -1.10. The van der Waals surface area contributed by atoms with Gasteiger partial charge in [-0.05, 0) is 12.3 Å². The van der Waals surface area contributed by atoms with Crippen molar-refractivity contribution in [3.05, 3.63) is 11.1 Å². The number of aliphatic carboxylic acids is 1. The van der Waals surface area contributed by atoms with Gasteiger partial charge in [0, 0.05) is 18.5 Å². The first-order chi connectivity index (χ1) is 7.15. The molecule has 0 spiro atoms. The quantitative estimate of drug-likeness (QED) is 0.851. The van der Waals surface area contributed by atoms with Crippen LogP contribution in [-0.2, 0) is 11.2 Å². The van der Waals surface area contributed by atoms with E-state index >= 15 is 0 Å². The average Bonchev–Trinajstić information content (AvgIpc) is 2.72. The molecule has 0 saturated carbocycles. The van der Waals surface area contributed by atoms with Crippen LogP contribution < -0.4 is 4.90 Å². The highest BCUT2D eigenvalue weighted by molar-refractivity contribution is 7.13. The monoisotopic (exact) mass is 226 g/mol. The van der Waals surface area contributed by atoms with E-state index in [0.29, 0.717) is 5.69 Å². The number of thiazole rings is 1. The molecule has 1 saturated heterocycles. The van der Waals surface area contributed by atoms with Gasteiger partial charge in [-0.25, -0.2) is 4.98 Å². The van der Waals surface area contributed by atoms with Gasteiger partial charge in [-0.1, -0.05) is 6.92 Å². The molecule has 82 valence electrons. The summed E-state index contributed by atoms with van der Waals surface area (Å²) in [5, 5.41) is 11.4. The molecule has 1 unspecified atom stereocenters. The molecule has 0 amide bonds. The van der Waals surface area contributed by atoms with Crippen molar-refractivity contribution >= 4 is 22.4 Å². The van der Waals surface area contributed by atoms with Crippen LogP contribution in [0.1, 0.15) is 19.0 Å². The molecule has 2 heterocycles. The van der Waals surface area contributed by atoms with E-state index in [0.717, 1.165) is 24.1 Å². The van der Waals surface area contributed by atoms with Gasteiger partial charge in [0.15, 0.2) is 5.13 Å². The summed E-state index contributed by atoms with van der Waals surface area (Å²) < 4.78 is 0. The molecule has 2 rings (SSSR count). The Morgan fingerprint density at radius 2 is 2.60 bits per heavy atom. The van der Waals surface area contributed by atoms with E-state index in [2.05, 4.69) is 16.8 Å². The summed E-state index contributed by atoms with van der Waals surface area (Å²) in [6.45, 7) is 4.31. The minimum Gasteiger partial charge on any atom is -0.481 e. The van der Waals surface area contributed by atoms with Crippen molar-refractivity contribution in [3.8, 4) is 0 Å². The van der Waals surface area contributed by atoms with Crippen LogP contribution in [0.2, 0.25) is 0 Å². The number of rotatable bonds is 3.